The summed E-state index contributed by atoms with van der Waals surface area (Å²) in [6, 6.07) is 56.1. The second-order valence-corrected chi connectivity index (χ2v) is 21.4. The lowest BCUT2D eigenvalue weighted by atomic mass is 10.1. The van der Waals surface area contributed by atoms with Gasteiger partial charge in [0.15, 0.2) is 0 Å². The molecule has 0 saturated carbocycles. The van der Waals surface area contributed by atoms with Crippen molar-refractivity contribution < 1.29 is 9.59 Å². The molecule has 2 saturated heterocycles. The van der Waals surface area contributed by atoms with E-state index in [1.54, 1.807) is 46.2 Å². The van der Waals surface area contributed by atoms with E-state index in [-0.39, 0.29) is 11.8 Å². The molecule has 4 aliphatic heterocycles. The minimum Gasteiger partial charge on any atom is -0.268 e. The van der Waals surface area contributed by atoms with E-state index >= 15 is 0 Å². The molecule has 2 atom stereocenters. The van der Waals surface area contributed by atoms with Crippen LogP contribution in [0.25, 0.3) is 12.2 Å². The number of para-hydroxylation sites is 4. The predicted octanol–water partition coefficient (Wildman–Crippen LogP) is 12.5. The Hall–Kier alpha value is -5.74. The second-order valence-electron chi connectivity index (χ2n) is 14.2. The van der Waals surface area contributed by atoms with Gasteiger partial charge in [0, 0.05) is 32.3 Å². The topological polar surface area (TPSA) is 71.8 Å². The van der Waals surface area contributed by atoms with Crippen LogP contribution in [0.15, 0.2) is 201 Å². The molecule has 2 fully saturated rings. The van der Waals surface area contributed by atoms with Gasteiger partial charge in [-0.05, 0) is 113 Å². The summed E-state index contributed by atoms with van der Waals surface area (Å²) < 4.78 is -2.02. The van der Waals surface area contributed by atoms with E-state index in [4.69, 9.17) is 10.2 Å². The number of thiophene rings is 2. The van der Waals surface area contributed by atoms with Crippen LogP contribution in [0, 0.1) is 0 Å². The van der Waals surface area contributed by atoms with E-state index in [1.165, 1.54) is 23.5 Å². The van der Waals surface area contributed by atoms with Gasteiger partial charge in [0.1, 0.15) is 10.1 Å². The van der Waals surface area contributed by atoms with Crippen LogP contribution < -0.4 is 19.8 Å². The highest BCUT2D eigenvalue weighted by Crippen LogP contribution is 2.61. The number of thioether (sulfide) groups is 4. The molecular formula is C48H32N6O2S6. The number of amides is 2. The van der Waals surface area contributed by atoms with Crippen LogP contribution in [0.1, 0.15) is 20.9 Å². The van der Waals surface area contributed by atoms with Gasteiger partial charge in [-0.2, -0.15) is 10.2 Å². The molecule has 2 amide bonds. The zero-order valence-corrected chi connectivity index (χ0v) is 37.3. The van der Waals surface area contributed by atoms with Gasteiger partial charge in [-0.25, -0.2) is 10.0 Å². The molecule has 62 heavy (non-hydrogen) atoms. The minimum atomic E-state index is -1.01. The van der Waals surface area contributed by atoms with Crippen molar-refractivity contribution in [1.29, 1.82) is 0 Å². The smallest absolute Gasteiger partial charge is 0.268 e. The summed E-state index contributed by atoms with van der Waals surface area (Å²) >= 11 is 9.33. The van der Waals surface area contributed by atoms with Crippen LogP contribution in [0.4, 0.5) is 22.7 Å². The maximum absolute atomic E-state index is 14.7. The molecule has 2 unspecified atom stereocenters. The average molecular weight is 917 g/mol. The van der Waals surface area contributed by atoms with Crippen molar-refractivity contribution in [3.63, 3.8) is 0 Å². The van der Waals surface area contributed by atoms with Gasteiger partial charge in [0.25, 0.3) is 11.8 Å². The first-order chi connectivity index (χ1) is 30.5. The molecule has 2 aromatic heterocycles. The lowest BCUT2D eigenvalue weighted by molar-refractivity contribution is -0.115. The molecule has 8 nitrogen and oxygen atoms in total. The highest BCUT2D eigenvalue weighted by atomic mass is 32.2. The number of nitrogens with zero attached hydrogens (tertiary/aromatic N) is 6. The summed E-state index contributed by atoms with van der Waals surface area (Å²) in [5, 5.41) is 20.3. The fraction of sp³-hybridized carbons (Fsp3) is 0.0417. The molecule has 6 heterocycles. The zero-order valence-electron chi connectivity index (χ0n) is 32.4. The summed E-state index contributed by atoms with van der Waals surface area (Å²) in [5.74, 6) is -0.175. The number of anilines is 4. The molecule has 7 aromatic rings. The highest BCUT2D eigenvalue weighted by Gasteiger charge is 2.61. The molecule has 0 radical (unpaired) electrons. The van der Waals surface area contributed by atoms with Gasteiger partial charge >= 0.3 is 0 Å². The minimum absolute atomic E-state index is 0.0877. The quantitative estimate of drug-likeness (QED) is 0.140. The first-order valence-electron chi connectivity index (χ1n) is 19.5. The van der Waals surface area contributed by atoms with Gasteiger partial charge in [-0.1, -0.05) is 127 Å². The summed E-state index contributed by atoms with van der Waals surface area (Å²) in [6.45, 7) is 0. The first kappa shape index (κ1) is 39.1. The maximum atomic E-state index is 14.7. The van der Waals surface area contributed by atoms with E-state index < -0.39 is 8.65 Å². The monoisotopic (exact) mass is 916 g/mol. The summed E-state index contributed by atoms with van der Waals surface area (Å²) in [6.07, 6.45) is 3.97. The van der Waals surface area contributed by atoms with Crippen LogP contribution in [0.2, 0.25) is 0 Å². The van der Waals surface area contributed by atoms with Crippen LogP contribution in [-0.2, 0) is 9.59 Å². The van der Waals surface area contributed by atoms with Gasteiger partial charge in [-0.15, -0.1) is 22.7 Å². The fourth-order valence-electron chi connectivity index (χ4n) is 7.54. The van der Waals surface area contributed by atoms with E-state index in [9.17, 15) is 9.59 Å². The molecule has 14 heteroatoms. The standard InChI is InChI=1S/C48H32N6O2S6/c55-45-41(31-39-26-14-28-57-39)59-47(51(45)35-18-5-1-6-19-35)53(37-22-9-3-10-23-37)49-43(61-47)33-16-13-17-34(30-33)44-50-54(38-24-11-4-12-25-38)48(62-44)52(36-20-7-2-8-21-36)46(56)42(60-48)32-40-27-15-29-58-40/h1-32H/b41-31+,42-32+. The lowest BCUT2D eigenvalue weighted by Crippen LogP contribution is -2.51. The zero-order chi connectivity index (χ0) is 41.7. The molecule has 0 N–H and O–H groups in total. The Balaban J connectivity index is 1.01. The van der Waals surface area contributed by atoms with Crippen molar-refractivity contribution in [3.05, 3.63) is 211 Å². The maximum Gasteiger partial charge on any atom is 0.268 e. The Morgan fingerprint density at radius 1 is 0.419 bits per heavy atom. The van der Waals surface area contributed by atoms with Crippen molar-refractivity contribution in [2.24, 2.45) is 10.2 Å². The van der Waals surface area contributed by atoms with Crippen LogP contribution >= 0.6 is 69.7 Å². The molecule has 11 rings (SSSR count). The number of rotatable bonds is 8. The number of hydrazone groups is 2. The lowest BCUT2D eigenvalue weighted by Gasteiger charge is -2.38. The summed E-state index contributed by atoms with van der Waals surface area (Å²) in [5.41, 5.74) is 5.03. The van der Waals surface area contributed by atoms with Gasteiger partial charge in [0.2, 0.25) is 8.65 Å². The van der Waals surface area contributed by atoms with E-state index in [0.717, 1.165) is 53.7 Å². The molecule has 0 aliphatic carbocycles. The Kier molecular flexibility index (Phi) is 10.2. The Bertz CT molecular complexity index is 2730. The molecular weight excluding hydrogens is 885 g/mol. The molecule has 0 bridgehead atoms. The Morgan fingerprint density at radius 3 is 1.18 bits per heavy atom. The van der Waals surface area contributed by atoms with Crippen molar-refractivity contribution in [3.8, 4) is 0 Å². The van der Waals surface area contributed by atoms with Crippen molar-refractivity contribution in [2.75, 3.05) is 19.8 Å². The first-order valence-corrected chi connectivity index (χ1v) is 24.6. The SMILES string of the molecule is O=C1/C(=C\c2cccs2)SC2(SC(c3cccc(C4=NN(c5ccccc5)C5(S4)S/C(=C/c4cccs4)C(=O)N5c4ccccc4)c3)=NN2c2ccccc2)N1c1ccccc1. The van der Waals surface area contributed by atoms with E-state index in [0.29, 0.717) is 9.81 Å². The summed E-state index contributed by atoms with van der Waals surface area (Å²) in [4.78, 5) is 36.4. The van der Waals surface area contributed by atoms with Crippen molar-refractivity contribution >= 4 is 127 Å². The predicted molar refractivity (Wildman–Crippen MR) is 266 cm³/mol. The third-order valence-corrected chi connectivity index (χ3v) is 17.4. The summed E-state index contributed by atoms with van der Waals surface area (Å²) in [7, 11) is 0. The van der Waals surface area contributed by atoms with Crippen LogP contribution in [-0.4, -0.2) is 30.6 Å². The fourth-order valence-corrected chi connectivity index (χ4v) is 14.9. The molecule has 302 valence electrons. The third-order valence-electron chi connectivity index (χ3n) is 10.3. The molecule has 2 spiro atoms. The molecule has 5 aromatic carbocycles. The van der Waals surface area contributed by atoms with Crippen molar-refractivity contribution in [2.45, 2.75) is 8.65 Å². The Labute approximate surface area is 383 Å². The third kappa shape index (κ3) is 6.82. The number of hydrogen-bond donors (Lipinski definition) is 0. The van der Waals surface area contributed by atoms with E-state index in [1.807, 2.05) is 194 Å². The number of carbonyl (C=O) groups excluding carboxylic acids is 2. The van der Waals surface area contributed by atoms with Gasteiger partial charge < -0.3 is 0 Å². The normalized spacial score (nSPS) is 22.3. The number of benzene rings is 5. The number of hydrogen-bond acceptors (Lipinski definition) is 12. The Morgan fingerprint density at radius 2 is 0.806 bits per heavy atom. The number of carbonyl (C=O) groups is 2. The van der Waals surface area contributed by atoms with Gasteiger partial charge in [-0.3, -0.25) is 19.4 Å². The van der Waals surface area contributed by atoms with Crippen LogP contribution in [0.5, 0.6) is 0 Å². The van der Waals surface area contributed by atoms with Crippen molar-refractivity contribution in [1.82, 2.24) is 0 Å². The van der Waals surface area contributed by atoms with E-state index in [2.05, 4.69) is 18.2 Å². The molecule has 4 aliphatic rings. The largest absolute Gasteiger partial charge is 0.268 e. The second kappa shape index (κ2) is 16.2. The average Bonchev–Trinajstić information content (AvgIpc) is 4.20. The van der Waals surface area contributed by atoms with Crippen LogP contribution in [0.3, 0.4) is 0 Å². The van der Waals surface area contributed by atoms with Gasteiger partial charge in [0.05, 0.1) is 21.2 Å². The highest BCUT2D eigenvalue weighted by molar-refractivity contribution is 8.29.